The van der Waals surface area contributed by atoms with Crippen LogP contribution in [0.3, 0.4) is 0 Å². The molecule has 52 valence electrons. The number of rotatable bonds is 0. The van der Waals surface area contributed by atoms with Crippen molar-refractivity contribution >= 4 is 11.8 Å². The van der Waals surface area contributed by atoms with Gasteiger partial charge in [-0.25, -0.2) is 0 Å². The van der Waals surface area contributed by atoms with Crippen LogP contribution in [0.2, 0.25) is 0 Å². The van der Waals surface area contributed by atoms with E-state index in [9.17, 15) is 0 Å². The van der Waals surface area contributed by atoms with Gasteiger partial charge < -0.3 is 4.90 Å². The molecule has 0 atom stereocenters. The summed E-state index contributed by atoms with van der Waals surface area (Å²) in [5, 5.41) is 0. The average Bonchev–Trinajstić information content (AvgIpc) is 1.54. The van der Waals surface area contributed by atoms with Crippen molar-refractivity contribution in [3.63, 3.8) is 0 Å². The van der Waals surface area contributed by atoms with E-state index in [1.54, 1.807) is 0 Å². The van der Waals surface area contributed by atoms with Gasteiger partial charge in [-0.1, -0.05) is 0 Å². The lowest BCUT2D eigenvalue weighted by Gasteiger charge is -2.41. The first-order chi connectivity index (χ1) is 4.45. The Morgan fingerprint density at radius 3 is 3.00 bits per heavy atom. The standard InChI is InChI=1S/C7H13NS/c1-3-9-4-2-8-5-7(1)6-8/h7H,1-6H2. The van der Waals surface area contributed by atoms with Crippen LogP contribution in [-0.4, -0.2) is 36.0 Å². The number of hydrogen-bond donors (Lipinski definition) is 0. The summed E-state index contributed by atoms with van der Waals surface area (Å²) in [6, 6.07) is 0. The first-order valence-electron chi connectivity index (χ1n) is 3.75. The summed E-state index contributed by atoms with van der Waals surface area (Å²) < 4.78 is 0. The highest BCUT2D eigenvalue weighted by atomic mass is 32.2. The molecule has 2 bridgehead atoms. The lowest BCUT2D eigenvalue weighted by atomic mass is 9.97. The van der Waals surface area contributed by atoms with Gasteiger partial charge >= 0.3 is 0 Å². The summed E-state index contributed by atoms with van der Waals surface area (Å²) in [5.41, 5.74) is 0. The summed E-state index contributed by atoms with van der Waals surface area (Å²) in [6.45, 7) is 4.16. The first-order valence-corrected chi connectivity index (χ1v) is 4.91. The number of nitrogens with zero attached hydrogens (tertiary/aromatic N) is 1. The fourth-order valence-electron chi connectivity index (χ4n) is 1.59. The third-order valence-electron chi connectivity index (χ3n) is 2.26. The van der Waals surface area contributed by atoms with Crippen molar-refractivity contribution in [2.24, 2.45) is 5.92 Å². The van der Waals surface area contributed by atoms with Crippen molar-refractivity contribution in [2.75, 3.05) is 31.1 Å². The molecule has 3 heterocycles. The Morgan fingerprint density at radius 2 is 2.11 bits per heavy atom. The third kappa shape index (κ3) is 1.24. The Bertz CT molecular complexity index is 83.6. The number of fused-ring (bicyclic) bond motifs is 4. The van der Waals surface area contributed by atoms with Gasteiger partial charge in [0.1, 0.15) is 0 Å². The molecule has 0 unspecified atom stereocenters. The second-order valence-corrected chi connectivity index (χ2v) is 4.25. The van der Waals surface area contributed by atoms with E-state index < -0.39 is 0 Å². The fraction of sp³-hybridized carbons (Fsp3) is 1.00. The van der Waals surface area contributed by atoms with Gasteiger partial charge in [-0.15, -0.1) is 0 Å². The average molecular weight is 143 g/mol. The van der Waals surface area contributed by atoms with Gasteiger partial charge in [0.15, 0.2) is 0 Å². The predicted octanol–water partition coefficient (Wildman–Crippen LogP) is 1.06. The van der Waals surface area contributed by atoms with Gasteiger partial charge in [0.25, 0.3) is 0 Å². The summed E-state index contributed by atoms with van der Waals surface area (Å²) >= 11 is 2.12. The molecule has 0 radical (unpaired) electrons. The third-order valence-corrected chi connectivity index (χ3v) is 3.25. The van der Waals surface area contributed by atoms with Crippen LogP contribution in [-0.2, 0) is 0 Å². The summed E-state index contributed by atoms with van der Waals surface area (Å²) in [4.78, 5) is 2.57. The lowest BCUT2D eigenvalue weighted by Crippen LogP contribution is -2.48. The van der Waals surface area contributed by atoms with Crippen molar-refractivity contribution in [1.82, 2.24) is 4.90 Å². The molecule has 0 spiro atoms. The molecule has 0 amide bonds. The Kier molecular flexibility index (Phi) is 1.68. The summed E-state index contributed by atoms with van der Waals surface area (Å²) in [6.07, 6.45) is 1.47. The maximum absolute atomic E-state index is 2.57. The quantitative estimate of drug-likeness (QED) is 0.499. The van der Waals surface area contributed by atoms with Crippen molar-refractivity contribution in [3.8, 4) is 0 Å². The van der Waals surface area contributed by atoms with Gasteiger partial charge in [0, 0.05) is 25.4 Å². The van der Waals surface area contributed by atoms with Crippen molar-refractivity contribution < 1.29 is 0 Å². The lowest BCUT2D eigenvalue weighted by molar-refractivity contribution is 0.105. The van der Waals surface area contributed by atoms with Crippen LogP contribution in [0, 0.1) is 5.92 Å². The fourth-order valence-corrected chi connectivity index (χ4v) is 2.68. The van der Waals surface area contributed by atoms with Gasteiger partial charge in [-0.2, -0.15) is 11.8 Å². The smallest absolute Gasteiger partial charge is 0.00726 e. The minimum absolute atomic E-state index is 1.07. The Morgan fingerprint density at radius 1 is 1.22 bits per heavy atom. The molecule has 1 nitrogen and oxygen atoms in total. The highest BCUT2D eigenvalue weighted by Crippen LogP contribution is 2.24. The highest BCUT2D eigenvalue weighted by molar-refractivity contribution is 7.99. The van der Waals surface area contributed by atoms with Crippen LogP contribution >= 0.6 is 11.8 Å². The SMILES string of the molecule is C1CC2CN(CCS1)C2. The van der Waals surface area contributed by atoms with E-state index in [-0.39, 0.29) is 0 Å². The van der Waals surface area contributed by atoms with Crippen LogP contribution in [0.25, 0.3) is 0 Å². The Balaban J connectivity index is 1.85. The van der Waals surface area contributed by atoms with Crippen molar-refractivity contribution in [3.05, 3.63) is 0 Å². The minimum Gasteiger partial charge on any atom is -0.302 e. The van der Waals surface area contributed by atoms with Gasteiger partial charge in [-0.3, -0.25) is 0 Å². The zero-order valence-corrected chi connectivity index (χ0v) is 6.49. The predicted molar refractivity (Wildman–Crippen MR) is 41.9 cm³/mol. The molecule has 2 heteroatoms. The van der Waals surface area contributed by atoms with Gasteiger partial charge in [-0.05, 0) is 18.1 Å². The topological polar surface area (TPSA) is 3.24 Å². The molecule has 9 heavy (non-hydrogen) atoms. The minimum atomic E-state index is 1.07. The number of thioether (sulfide) groups is 1. The van der Waals surface area contributed by atoms with E-state index in [1.165, 1.54) is 37.6 Å². The largest absolute Gasteiger partial charge is 0.302 e. The van der Waals surface area contributed by atoms with Crippen molar-refractivity contribution in [2.45, 2.75) is 6.42 Å². The molecule has 0 N–H and O–H groups in total. The van der Waals surface area contributed by atoms with E-state index in [2.05, 4.69) is 16.7 Å². The molecular weight excluding hydrogens is 130 g/mol. The van der Waals surface area contributed by atoms with Crippen LogP contribution in [0.15, 0.2) is 0 Å². The normalized spacial score (nSPS) is 42.7. The van der Waals surface area contributed by atoms with Crippen LogP contribution < -0.4 is 0 Å². The molecule has 0 aromatic rings. The molecule has 3 fully saturated rings. The molecule has 3 saturated heterocycles. The maximum atomic E-state index is 2.57. The monoisotopic (exact) mass is 143 g/mol. The summed E-state index contributed by atoms with van der Waals surface area (Å²) in [5.74, 6) is 3.85. The molecule has 0 saturated carbocycles. The van der Waals surface area contributed by atoms with E-state index in [0.717, 1.165) is 5.92 Å². The van der Waals surface area contributed by atoms with E-state index in [0.29, 0.717) is 0 Å². The Hall–Kier alpha value is 0.310. The second-order valence-electron chi connectivity index (χ2n) is 3.03. The van der Waals surface area contributed by atoms with Crippen LogP contribution in [0.4, 0.5) is 0 Å². The molecule has 3 aliphatic rings. The molecule has 0 aromatic heterocycles. The molecule has 0 aromatic carbocycles. The molecule has 0 aliphatic carbocycles. The highest BCUT2D eigenvalue weighted by Gasteiger charge is 2.26. The van der Waals surface area contributed by atoms with E-state index in [4.69, 9.17) is 0 Å². The van der Waals surface area contributed by atoms with E-state index >= 15 is 0 Å². The zero-order valence-electron chi connectivity index (χ0n) is 5.68. The Labute approximate surface area is 60.8 Å². The van der Waals surface area contributed by atoms with Gasteiger partial charge in [0.05, 0.1) is 0 Å². The van der Waals surface area contributed by atoms with Gasteiger partial charge in [0.2, 0.25) is 0 Å². The molecule has 3 rings (SSSR count). The first kappa shape index (κ1) is 6.05. The summed E-state index contributed by atoms with van der Waals surface area (Å²) in [7, 11) is 0. The second kappa shape index (κ2) is 2.51. The number of hydrogen-bond acceptors (Lipinski definition) is 2. The maximum Gasteiger partial charge on any atom is 0.00726 e. The molecule has 3 aliphatic heterocycles. The zero-order chi connectivity index (χ0) is 6.10. The van der Waals surface area contributed by atoms with E-state index in [1.807, 2.05) is 0 Å². The van der Waals surface area contributed by atoms with Crippen LogP contribution in [0.1, 0.15) is 6.42 Å². The van der Waals surface area contributed by atoms with Crippen molar-refractivity contribution in [1.29, 1.82) is 0 Å². The molecular formula is C7H13NS. The van der Waals surface area contributed by atoms with Crippen LogP contribution in [0.5, 0.6) is 0 Å².